The van der Waals surface area contributed by atoms with Crippen LogP contribution in [0.2, 0.25) is 5.28 Å². The Labute approximate surface area is 95.2 Å². The molecule has 0 aliphatic heterocycles. The summed E-state index contributed by atoms with van der Waals surface area (Å²) in [6.45, 7) is 1.77. The molecule has 0 spiro atoms. The number of alkyl halides is 3. The normalized spacial score (nSPS) is 11.6. The molecule has 1 heterocycles. The molecule has 0 aliphatic carbocycles. The zero-order chi connectivity index (χ0) is 12.3. The first kappa shape index (κ1) is 12.9. The number of hydrogen-bond acceptors (Lipinski definition) is 3. The van der Waals surface area contributed by atoms with E-state index in [1.54, 1.807) is 6.92 Å². The van der Waals surface area contributed by atoms with E-state index in [1.165, 1.54) is 0 Å². The molecule has 16 heavy (non-hydrogen) atoms. The Morgan fingerprint density at radius 3 is 2.62 bits per heavy atom. The van der Waals surface area contributed by atoms with Crippen LogP contribution in [0.3, 0.4) is 0 Å². The fraction of sp³-hybridized carbons (Fsp3) is 0.444. The highest BCUT2D eigenvalue weighted by Crippen LogP contribution is 2.31. The van der Waals surface area contributed by atoms with Gasteiger partial charge < -0.3 is 5.41 Å². The van der Waals surface area contributed by atoms with Crippen LogP contribution < -0.4 is 0 Å². The van der Waals surface area contributed by atoms with E-state index >= 15 is 0 Å². The quantitative estimate of drug-likeness (QED) is 0.662. The summed E-state index contributed by atoms with van der Waals surface area (Å²) in [6.07, 6.45) is -3.18. The predicted molar refractivity (Wildman–Crippen MR) is 53.8 cm³/mol. The van der Waals surface area contributed by atoms with Crippen LogP contribution in [0.25, 0.3) is 0 Å². The van der Waals surface area contributed by atoms with E-state index in [1.807, 2.05) is 0 Å². The first-order chi connectivity index (χ1) is 7.36. The standard InChI is InChI=1S/C9H9ClF3N3/c1-2-3-6(14)7-5(9(11,12)13)4-15-8(10)16-7/h4,14H,2-3H2,1H3. The zero-order valence-electron chi connectivity index (χ0n) is 8.40. The van der Waals surface area contributed by atoms with Gasteiger partial charge in [0.2, 0.25) is 5.28 Å². The lowest BCUT2D eigenvalue weighted by Crippen LogP contribution is -2.16. The van der Waals surface area contributed by atoms with Gasteiger partial charge in [-0.1, -0.05) is 13.3 Å². The van der Waals surface area contributed by atoms with Crippen molar-refractivity contribution in [2.24, 2.45) is 0 Å². The van der Waals surface area contributed by atoms with Gasteiger partial charge in [-0.15, -0.1) is 0 Å². The van der Waals surface area contributed by atoms with Crippen molar-refractivity contribution >= 4 is 17.3 Å². The van der Waals surface area contributed by atoms with Crippen molar-refractivity contribution < 1.29 is 13.2 Å². The minimum absolute atomic E-state index is 0.181. The van der Waals surface area contributed by atoms with Crippen molar-refractivity contribution in [3.8, 4) is 0 Å². The average molecular weight is 252 g/mol. The molecule has 1 N–H and O–H groups in total. The van der Waals surface area contributed by atoms with Crippen LogP contribution >= 0.6 is 11.6 Å². The molecule has 0 bridgehead atoms. The van der Waals surface area contributed by atoms with Crippen LogP contribution in [-0.4, -0.2) is 15.7 Å². The topological polar surface area (TPSA) is 49.6 Å². The van der Waals surface area contributed by atoms with Gasteiger partial charge in [0.05, 0.1) is 5.71 Å². The first-order valence-electron chi connectivity index (χ1n) is 4.53. The van der Waals surface area contributed by atoms with Crippen molar-refractivity contribution in [3.63, 3.8) is 0 Å². The summed E-state index contributed by atoms with van der Waals surface area (Å²) in [7, 11) is 0. The van der Waals surface area contributed by atoms with Gasteiger partial charge in [-0.25, -0.2) is 9.97 Å². The van der Waals surface area contributed by atoms with Gasteiger partial charge >= 0.3 is 6.18 Å². The van der Waals surface area contributed by atoms with E-state index < -0.39 is 17.4 Å². The Hall–Kier alpha value is -1.17. The summed E-state index contributed by atoms with van der Waals surface area (Å²) in [5.74, 6) is 0. The lowest BCUT2D eigenvalue weighted by atomic mass is 10.1. The number of rotatable bonds is 3. The third-order valence-corrected chi connectivity index (χ3v) is 2.03. The van der Waals surface area contributed by atoms with Crippen molar-refractivity contribution in [2.45, 2.75) is 25.9 Å². The second-order valence-corrected chi connectivity index (χ2v) is 3.47. The molecule has 0 atom stereocenters. The van der Waals surface area contributed by atoms with Crippen LogP contribution in [0.4, 0.5) is 13.2 Å². The molecule has 0 aromatic carbocycles. The molecule has 0 unspecified atom stereocenters. The molecular formula is C9H9ClF3N3. The van der Waals surface area contributed by atoms with Crippen molar-refractivity contribution in [3.05, 3.63) is 22.7 Å². The fourth-order valence-electron chi connectivity index (χ4n) is 1.17. The highest BCUT2D eigenvalue weighted by atomic mass is 35.5. The summed E-state index contributed by atoms with van der Waals surface area (Å²) in [5, 5.41) is 7.21. The van der Waals surface area contributed by atoms with Crippen molar-refractivity contribution in [1.29, 1.82) is 5.41 Å². The molecule has 7 heteroatoms. The molecule has 88 valence electrons. The van der Waals surface area contributed by atoms with Crippen molar-refractivity contribution in [2.75, 3.05) is 0 Å². The van der Waals surface area contributed by atoms with E-state index in [4.69, 9.17) is 17.0 Å². The second-order valence-electron chi connectivity index (χ2n) is 3.13. The van der Waals surface area contributed by atoms with Crippen LogP contribution in [0.15, 0.2) is 6.20 Å². The van der Waals surface area contributed by atoms with Crippen LogP contribution in [0.5, 0.6) is 0 Å². The molecule has 0 saturated heterocycles. The number of nitrogens with zero attached hydrogens (tertiary/aromatic N) is 2. The Balaban J connectivity index is 3.24. The van der Waals surface area contributed by atoms with Gasteiger partial charge in [-0.2, -0.15) is 13.2 Å². The number of halogens is 4. The maximum absolute atomic E-state index is 12.6. The van der Waals surface area contributed by atoms with Gasteiger partial charge in [-0.3, -0.25) is 0 Å². The van der Waals surface area contributed by atoms with E-state index in [2.05, 4.69) is 9.97 Å². The van der Waals surface area contributed by atoms with Gasteiger partial charge in [0.1, 0.15) is 11.3 Å². The molecule has 0 aliphatic rings. The molecular weight excluding hydrogens is 243 g/mol. The third kappa shape index (κ3) is 2.91. The minimum atomic E-state index is -4.57. The maximum atomic E-state index is 12.6. The van der Waals surface area contributed by atoms with Crippen LogP contribution in [-0.2, 0) is 6.18 Å². The molecule has 0 amide bonds. The number of aromatic nitrogens is 2. The number of nitrogens with one attached hydrogen (secondary N) is 1. The third-order valence-electron chi connectivity index (χ3n) is 1.85. The Kier molecular flexibility index (Phi) is 3.85. The summed E-state index contributed by atoms with van der Waals surface area (Å²) in [6, 6.07) is 0. The predicted octanol–water partition coefficient (Wildman–Crippen LogP) is 3.32. The van der Waals surface area contributed by atoms with Gasteiger partial charge in [-0.05, 0) is 18.0 Å². The lowest BCUT2D eigenvalue weighted by molar-refractivity contribution is -0.138. The Morgan fingerprint density at radius 2 is 2.12 bits per heavy atom. The minimum Gasteiger partial charge on any atom is -0.303 e. The number of hydrogen-bond donors (Lipinski definition) is 1. The summed E-state index contributed by atoms with van der Waals surface area (Å²) in [4.78, 5) is 6.75. The largest absolute Gasteiger partial charge is 0.420 e. The van der Waals surface area contributed by atoms with Gasteiger partial charge in [0, 0.05) is 6.20 Å². The van der Waals surface area contributed by atoms with Crippen molar-refractivity contribution in [1.82, 2.24) is 9.97 Å². The fourth-order valence-corrected chi connectivity index (χ4v) is 1.30. The highest BCUT2D eigenvalue weighted by Gasteiger charge is 2.35. The smallest absolute Gasteiger partial charge is 0.303 e. The highest BCUT2D eigenvalue weighted by molar-refractivity contribution is 6.28. The molecule has 0 radical (unpaired) electrons. The molecule has 1 rings (SSSR count). The summed E-state index contributed by atoms with van der Waals surface area (Å²) >= 11 is 5.42. The Bertz CT molecular complexity index is 403. The van der Waals surface area contributed by atoms with E-state index in [9.17, 15) is 13.2 Å². The average Bonchev–Trinajstić information content (AvgIpc) is 2.16. The van der Waals surface area contributed by atoms with E-state index in [-0.39, 0.29) is 17.4 Å². The van der Waals surface area contributed by atoms with Crippen LogP contribution in [0, 0.1) is 5.41 Å². The molecule has 3 nitrogen and oxygen atoms in total. The monoisotopic (exact) mass is 251 g/mol. The first-order valence-corrected chi connectivity index (χ1v) is 4.91. The van der Waals surface area contributed by atoms with Gasteiger partial charge in [0.25, 0.3) is 0 Å². The van der Waals surface area contributed by atoms with E-state index in [0.29, 0.717) is 12.6 Å². The zero-order valence-corrected chi connectivity index (χ0v) is 9.15. The summed E-state index contributed by atoms with van der Waals surface area (Å²) in [5.41, 5.74) is -1.64. The molecule has 0 saturated carbocycles. The lowest BCUT2D eigenvalue weighted by Gasteiger charge is -2.11. The Morgan fingerprint density at radius 1 is 1.50 bits per heavy atom. The maximum Gasteiger partial charge on any atom is 0.420 e. The molecule has 0 fully saturated rings. The van der Waals surface area contributed by atoms with Crippen LogP contribution in [0.1, 0.15) is 31.0 Å². The summed E-state index contributed by atoms with van der Waals surface area (Å²) < 4.78 is 37.7. The van der Waals surface area contributed by atoms with Gasteiger partial charge in [0.15, 0.2) is 0 Å². The SMILES string of the molecule is CCCC(=N)c1nc(Cl)ncc1C(F)(F)F. The second kappa shape index (κ2) is 4.78. The molecule has 1 aromatic heterocycles. The van der Waals surface area contributed by atoms with E-state index in [0.717, 1.165) is 0 Å². The molecule has 1 aromatic rings.